The molecule has 2 unspecified atom stereocenters. The summed E-state index contributed by atoms with van der Waals surface area (Å²) in [6.07, 6.45) is 0. The van der Waals surface area contributed by atoms with E-state index >= 15 is 0 Å². The topological polar surface area (TPSA) is 52.6 Å². The van der Waals surface area contributed by atoms with Gasteiger partial charge in [0.25, 0.3) is 0 Å². The van der Waals surface area contributed by atoms with E-state index in [0.29, 0.717) is 16.6 Å². The van der Waals surface area contributed by atoms with E-state index in [9.17, 15) is 9.59 Å². The number of thioether (sulfide) groups is 2. The molecule has 0 aromatic rings. The molecule has 0 aliphatic heterocycles. The second-order valence-corrected chi connectivity index (χ2v) is 6.32. The van der Waals surface area contributed by atoms with Crippen molar-refractivity contribution in [1.29, 1.82) is 0 Å². The Morgan fingerprint density at radius 3 is 1.65 bits per heavy atom. The van der Waals surface area contributed by atoms with Crippen molar-refractivity contribution in [2.75, 3.05) is 30.8 Å². The summed E-state index contributed by atoms with van der Waals surface area (Å²) in [4.78, 5) is 21.9. The highest BCUT2D eigenvalue weighted by Crippen LogP contribution is 2.18. The summed E-state index contributed by atoms with van der Waals surface area (Å²) < 4.78 is 8.96. The fourth-order valence-corrected chi connectivity index (χ4v) is 3.39. The number of carbonyl (C=O) groups excluding carboxylic acids is 2. The monoisotopic (exact) mass is 320 g/mol. The first kappa shape index (κ1) is 17.2. The normalized spacial score (nSPS) is 13.9. The van der Waals surface area contributed by atoms with Crippen molar-refractivity contribution in [1.82, 2.24) is 0 Å². The van der Waals surface area contributed by atoms with Gasteiger partial charge in [-0.3, -0.25) is 9.59 Å². The van der Waals surface area contributed by atoms with Crippen LogP contribution in [0.1, 0.15) is 0 Å². The number of halogens is 2. The van der Waals surface area contributed by atoms with E-state index < -0.39 is 22.7 Å². The van der Waals surface area contributed by atoms with Crippen molar-refractivity contribution in [3.63, 3.8) is 0 Å². The largest absolute Gasteiger partial charge is 0.468 e. The van der Waals surface area contributed by atoms with Gasteiger partial charge in [-0.2, -0.15) is 0 Å². The van der Waals surface area contributed by atoms with Gasteiger partial charge in [-0.1, -0.05) is 0 Å². The van der Waals surface area contributed by atoms with Crippen LogP contribution >= 0.6 is 46.7 Å². The molecule has 0 aromatic heterocycles. The minimum Gasteiger partial charge on any atom is -0.468 e. The predicted octanol–water partition coefficient (Wildman–Crippen LogP) is 1.97. The molecule has 0 aliphatic carbocycles. The van der Waals surface area contributed by atoms with Crippen molar-refractivity contribution in [3.8, 4) is 0 Å². The quantitative estimate of drug-likeness (QED) is 0.295. The number of hydrogen-bond acceptors (Lipinski definition) is 6. The molecule has 8 heteroatoms. The Bertz CT molecular complexity index is 229. The molecule has 0 aliphatic rings. The van der Waals surface area contributed by atoms with Crippen molar-refractivity contribution in [3.05, 3.63) is 0 Å². The summed E-state index contributed by atoms with van der Waals surface area (Å²) in [6.45, 7) is 0. The lowest BCUT2D eigenvalue weighted by Crippen LogP contribution is -2.19. The predicted molar refractivity (Wildman–Crippen MR) is 73.1 cm³/mol. The smallest absolute Gasteiger partial charge is 0.324 e. The molecule has 0 aromatic carbocycles. The number of carbonyl (C=O) groups is 2. The second-order valence-electron chi connectivity index (χ2n) is 2.84. The summed E-state index contributed by atoms with van der Waals surface area (Å²) in [5.41, 5.74) is 0. The minimum absolute atomic E-state index is 0.436. The van der Waals surface area contributed by atoms with Gasteiger partial charge >= 0.3 is 11.9 Å². The van der Waals surface area contributed by atoms with E-state index in [1.165, 1.54) is 37.7 Å². The molecular formula is C9H14Cl2O4S2. The maximum atomic E-state index is 11.0. The van der Waals surface area contributed by atoms with Crippen molar-refractivity contribution >= 4 is 58.7 Å². The van der Waals surface area contributed by atoms with E-state index in [2.05, 4.69) is 9.47 Å². The molecule has 100 valence electrons. The third-order valence-corrected chi connectivity index (χ3v) is 5.11. The average Bonchev–Trinajstić information content (AvgIpc) is 2.35. The van der Waals surface area contributed by atoms with Gasteiger partial charge in [0.2, 0.25) is 0 Å². The summed E-state index contributed by atoms with van der Waals surface area (Å²) in [5.74, 6) is 0.0571. The first-order valence-electron chi connectivity index (χ1n) is 4.62. The minimum atomic E-state index is -0.641. The summed E-state index contributed by atoms with van der Waals surface area (Å²) in [6, 6.07) is 0. The molecule has 0 heterocycles. The van der Waals surface area contributed by atoms with Crippen LogP contribution in [0.25, 0.3) is 0 Å². The number of methoxy groups -OCH3 is 2. The van der Waals surface area contributed by atoms with E-state index in [4.69, 9.17) is 23.2 Å². The third kappa shape index (κ3) is 8.02. The second kappa shape index (κ2) is 10.2. The van der Waals surface area contributed by atoms with Crippen LogP contribution in [-0.2, 0) is 19.1 Å². The van der Waals surface area contributed by atoms with Gasteiger partial charge in [0.05, 0.1) is 14.2 Å². The molecular weight excluding hydrogens is 307 g/mol. The van der Waals surface area contributed by atoms with Crippen molar-refractivity contribution in [2.45, 2.75) is 10.8 Å². The van der Waals surface area contributed by atoms with Crippen LogP contribution in [0, 0.1) is 0 Å². The first-order chi connectivity index (χ1) is 8.02. The molecule has 4 nitrogen and oxygen atoms in total. The van der Waals surface area contributed by atoms with Gasteiger partial charge in [-0.15, -0.1) is 46.7 Å². The Morgan fingerprint density at radius 2 is 1.35 bits per heavy atom. The molecule has 17 heavy (non-hydrogen) atoms. The maximum Gasteiger partial charge on any atom is 0.324 e. The number of alkyl halides is 2. The van der Waals surface area contributed by atoms with Crippen LogP contribution in [0.15, 0.2) is 0 Å². The Morgan fingerprint density at radius 1 is 1.00 bits per heavy atom. The van der Waals surface area contributed by atoms with Gasteiger partial charge < -0.3 is 9.47 Å². The zero-order valence-electron chi connectivity index (χ0n) is 9.48. The lowest BCUT2D eigenvalue weighted by molar-refractivity contribution is -0.140. The number of ether oxygens (including phenoxy) is 2. The van der Waals surface area contributed by atoms with Crippen LogP contribution in [0.2, 0.25) is 0 Å². The molecule has 0 radical (unpaired) electrons. The summed E-state index contributed by atoms with van der Waals surface area (Å²) in [7, 11) is 2.59. The molecule has 2 atom stereocenters. The van der Waals surface area contributed by atoms with Crippen LogP contribution < -0.4 is 0 Å². The van der Waals surface area contributed by atoms with Crippen LogP contribution in [0.3, 0.4) is 0 Å². The van der Waals surface area contributed by atoms with Gasteiger partial charge in [0, 0.05) is 16.6 Å². The Hall–Kier alpha value is 0.220. The van der Waals surface area contributed by atoms with Gasteiger partial charge in [0.15, 0.2) is 0 Å². The Kier molecular flexibility index (Phi) is 10.3. The van der Waals surface area contributed by atoms with E-state index in [1.807, 2.05) is 0 Å². The van der Waals surface area contributed by atoms with Crippen molar-refractivity contribution in [2.24, 2.45) is 0 Å². The zero-order valence-corrected chi connectivity index (χ0v) is 12.6. The SMILES string of the molecule is COC(=O)C(Cl)CSCSCC(Cl)C(=O)OC. The lowest BCUT2D eigenvalue weighted by Gasteiger charge is -2.08. The standard InChI is InChI=1S/C9H14Cl2O4S2/c1-14-8(12)6(10)3-16-5-17-4-7(11)9(13)15-2/h6-7H,3-5H2,1-2H3. The molecule has 0 fully saturated rings. The zero-order chi connectivity index (χ0) is 13.3. The van der Waals surface area contributed by atoms with E-state index in [0.717, 1.165) is 0 Å². The fraction of sp³-hybridized carbons (Fsp3) is 0.778. The molecule has 0 amide bonds. The first-order valence-corrected chi connectivity index (χ1v) is 7.80. The molecule has 0 saturated heterocycles. The number of rotatable bonds is 8. The fourth-order valence-electron chi connectivity index (χ4n) is 0.754. The van der Waals surface area contributed by atoms with Crippen molar-refractivity contribution < 1.29 is 19.1 Å². The third-order valence-electron chi connectivity index (χ3n) is 1.61. The van der Waals surface area contributed by atoms with Gasteiger partial charge in [-0.25, -0.2) is 0 Å². The Labute approximate surface area is 119 Å². The molecule has 0 spiro atoms. The highest BCUT2D eigenvalue weighted by atomic mass is 35.5. The number of hydrogen-bond donors (Lipinski definition) is 0. The van der Waals surface area contributed by atoms with Gasteiger partial charge in [0.1, 0.15) is 10.8 Å². The van der Waals surface area contributed by atoms with Crippen LogP contribution in [-0.4, -0.2) is 53.5 Å². The molecule has 0 rings (SSSR count). The maximum absolute atomic E-state index is 11.0. The molecule has 0 N–H and O–H groups in total. The number of esters is 2. The highest BCUT2D eigenvalue weighted by Gasteiger charge is 2.17. The highest BCUT2D eigenvalue weighted by molar-refractivity contribution is 8.16. The molecule has 0 bridgehead atoms. The summed E-state index contributed by atoms with van der Waals surface area (Å²) in [5, 5.41) is -0.587. The van der Waals surface area contributed by atoms with Gasteiger partial charge in [-0.05, 0) is 0 Å². The lowest BCUT2D eigenvalue weighted by atomic mass is 10.5. The van der Waals surface area contributed by atoms with E-state index in [-0.39, 0.29) is 0 Å². The van der Waals surface area contributed by atoms with Crippen LogP contribution in [0.5, 0.6) is 0 Å². The average molecular weight is 321 g/mol. The van der Waals surface area contributed by atoms with Crippen LogP contribution in [0.4, 0.5) is 0 Å². The Balaban J connectivity index is 3.53. The molecule has 0 saturated carbocycles. The van der Waals surface area contributed by atoms with E-state index in [1.54, 1.807) is 0 Å². The summed E-state index contributed by atoms with van der Waals surface area (Å²) >= 11 is 14.5.